The van der Waals surface area contributed by atoms with Crippen LogP contribution in [0, 0.1) is 15.9 Å². The summed E-state index contributed by atoms with van der Waals surface area (Å²) in [6.07, 6.45) is 2.28. The van der Waals surface area contributed by atoms with E-state index in [0.29, 0.717) is 5.92 Å². The van der Waals surface area contributed by atoms with Crippen molar-refractivity contribution >= 4 is 22.6 Å². The number of halogens is 1. The lowest BCUT2D eigenvalue weighted by Crippen LogP contribution is -1.92. The van der Waals surface area contributed by atoms with Crippen molar-refractivity contribution in [1.29, 1.82) is 0 Å². The van der Waals surface area contributed by atoms with Crippen LogP contribution in [0.25, 0.3) is 0 Å². The molecule has 0 nitrogen and oxygen atoms in total. The van der Waals surface area contributed by atoms with Crippen LogP contribution in [0.3, 0.4) is 0 Å². The van der Waals surface area contributed by atoms with Gasteiger partial charge in [0.1, 0.15) is 0 Å². The van der Waals surface area contributed by atoms with Crippen LogP contribution in [-0.2, 0) is 0 Å². The molecule has 0 amide bonds. The molecule has 0 aliphatic heterocycles. The van der Waals surface area contributed by atoms with E-state index in [-0.39, 0.29) is 0 Å². The van der Waals surface area contributed by atoms with Gasteiger partial charge in [0, 0.05) is 3.57 Å². The molecular weight excluding hydrogens is 247 g/mol. The van der Waals surface area contributed by atoms with Gasteiger partial charge >= 0.3 is 0 Å². The molecule has 0 saturated carbocycles. The lowest BCUT2D eigenvalue weighted by Gasteiger charge is -2.05. The van der Waals surface area contributed by atoms with Crippen LogP contribution in [0.1, 0.15) is 19.4 Å². The van der Waals surface area contributed by atoms with E-state index < -0.39 is 0 Å². The number of benzene rings is 1. The second-order valence-electron chi connectivity index (χ2n) is 2.93. The molecule has 0 heterocycles. The Labute approximate surface area is 82.2 Å². The Morgan fingerprint density at radius 1 is 1.27 bits per heavy atom. The predicted molar refractivity (Wildman–Crippen MR) is 57.4 cm³/mol. The Balaban J connectivity index is 2.78. The van der Waals surface area contributed by atoms with Crippen molar-refractivity contribution in [2.24, 2.45) is 5.92 Å². The Morgan fingerprint density at radius 3 is 2.45 bits per heavy atom. The van der Waals surface area contributed by atoms with Gasteiger partial charge in [-0.3, -0.25) is 0 Å². The summed E-state index contributed by atoms with van der Waals surface area (Å²) in [5.74, 6) is 0.630. The summed E-state index contributed by atoms with van der Waals surface area (Å²) in [5, 5.41) is 0. The third-order valence-electron chi connectivity index (χ3n) is 1.42. The topological polar surface area (TPSA) is 0 Å². The first-order chi connectivity index (χ1) is 5.20. The van der Waals surface area contributed by atoms with E-state index in [2.05, 4.69) is 67.1 Å². The summed E-state index contributed by atoms with van der Waals surface area (Å²) in [7, 11) is 0. The van der Waals surface area contributed by atoms with Gasteiger partial charge < -0.3 is 0 Å². The first kappa shape index (κ1) is 9.04. The molecule has 0 spiro atoms. The van der Waals surface area contributed by atoms with Crippen LogP contribution >= 0.6 is 22.6 Å². The molecule has 0 aromatic heterocycles. The average molecular weight is 259 g/mol. The largest absolute Gasteiger partial charge is 0.0622 e. The van der Waals surface area contributed by atoms with E-state index in [9.17, 15) is 0 Å². The lowest BCUT2D eigenvalue weighted by molar-refractivity contribution is 0.775. The SMILES string of the molecule is CC(C)[CH]c1ccccc1I. The molecule has 0 unspecified atom stereocenters. The fraction of sp³-hybridized carbons (Fsp3) is 0.300. The molecule has 0 N–H and O–H groups in total. The fourth-order valence-corrected chi connectivity index (χ4v) is 1.54. The van der Waals surface area contributed by atoms with Gasteiger partial charge in [-0.05, 0) is 46.6 Å². The van der Waals surface area contributed by atoms with Crippen LogP contribution in [0.2, 0.25) is 0 Å². The van der Waals surface area contributed by atoms with Gasteiger partial charge in [-0.1, -0.05) is 32.0 Å². The molecule has 59 valence electrons. The van der Waals surface area contributed by atoms with Gasteiger partial charge in [0.05, 0.1) is 0 Å². The molecule has 0 atom stereocenters. The Bertz CT molecular complexity index is 228. The third kappa shape index (κ3) is 2.81. The zero-order chi connectivity index (χ0) is 8.27. The maximum atomic E-state index is 2.36. The van der Waals surface area contributed by atoms with Crippen molar-refractivity contribution in [2.45, 2.75) is 13.8 Å². The van der Waals surface area contributed by atoms with Gasteiger partial charge in [-0.25, -0.2) is 0 Å². The molecule has 1 heteroatoms. The minimum Gasteiger partial charge on any atom is -0.0622 e. The highest BCUT2D eigenvalue weighted by atomic mass is 127. The van der Waals surface area contributed by atoms with E-state index in [0.717, 1.165) is 0 Å². The van der Waals surface area contributed by atoms with E-state index >= 15 is 0 Å². The Kier molecular flexibility index (Phi) is 3.37. The predicted octanol–water partition coefficient (Wildman–Crippen LogP) is 3.50. The molecule has 0 aliphatic rings. The highest BCUT2D eigenvalue weighted by Gasteiger charge is 2.00. The highest BCUT2D eigenvalue weighted by Crippen LogP contribution is 2.16. The van der Waals surface area contributed by atoms with Crippen LogP contribution in [0.15, 0.2) is 24.3 Å². The van der Waals surface area contributed by atoms with Gasteiger partial charge in [0.2, 0.25) is 0 Å². The van der Waals surface area contributed by atoms with Crippen molar-refractivity contribution in [3.05, 3.63) is 39.8 Å². The maximum absolute atomic E-state index is 2.36. The van der Waals surface area contributed by atoms with Gasteiger partial charge in [0.15, 0.2) is 0 Å². The molecule has 0 fully saturated rings. The first-order valence-corrected chi connectivity index (χ1v) is 4.87. The van der Waals surface area contributed by atoms with Crippen LogP contribution in [-0.4, -0.2) is 0 Å². The molecule has 0 aliphatic carbocycles. The number of rotatable bonds is 2. The summed E-state index contributed by atoms with van der Waals surface area (Å²) in [6.45, 7) is 4.39. The van der Waals surface area contributed by atoms with Crippen molar-refractivity contribution in [3.8, 4) is 0 Å². The first-order valence-electron chi connectivity index (χ1n) is 3.79. The van der Waals surface area contributed by atoms with Crippen molar-refractivity contribution in [1.82, 2.24) is 0 Å². The van der Waals surface area contributed by atoms with Gasteiger partial charge in [-0.2, -0.15) is 0 Å². The van der Waals surface area contributed by atoms with E-state index in [1.807, 2.05) is 0 Å². The standard InChI is InChI=1S/C10H12I/c1-8(2)7-9-5-3-4-6-10(9)11/h3-8H,1-2H3. The summed E-state index contributed by atoms with van der Waals surface area (Å²) in [6, 6.07) is 8.44. The second-order valence-corrected chi connectivity index (χ2v) is 4.09. The fourth-order valence-electron chi connectivity index (χ4n) is 0.969. The molecule has 0 saturated heterocycles. The van der Waals surface area contributed by atoms with Crippen molar-refractivity contribution in [3.63, 3.8) is 0 Å². The third-order valence-corrected chi connectivity index (χ3v) is 2.40. The Hall–Kier alpha value is -0.0500. The smallest absolute Gasteiger partial charge is 0.0165 e. The van der Waals surface area contributed by atoms with Crippen LogP contribution < -0.4 is 0 Å². The molecule has 11 heavy (non-hydrogen) atoms. The van der Waals surface area contributed by atoms with E-state index in [1.165, 1.54) is 9.13 Å². The van der Waals surface area contributed by atoms with Crippen molar-refractivity contribution in [2.75, 3.05) is 0 Å². The molecule has 1 rings (SSSR count). The zero-order valence-corrected chi connectivity index (χ0v) is 9.00. The van der Waals surface area contributed by atoms with E-state index in [4.69, 9.17) is 0 Å². The maximum Gasteiger partial charge on any atom is 0.0165 e. The molecule has 0 bridgehead atoms. The lowest BCUT2D eigenvalue weighted by atomic mass is 10.0. The normalized spacial score (nSPS) is 10.5. The molecular formula is C10H12I. The summed E-state index contributed by atoms with van der Waals surface area (Å²) in [5.41, 5.74) is 1.35. The summed E-state index contributed by atoms with van der Waals surface area (Å²) in [4.78, 5) is 0. The molecule has 1 radical (unpaired) electrons. The quantitative estimate of drug-likeness (QED) is 0.713. The monoisotopic (exact) mass is 259 g/mol. The molecule has 1 aromatic rings. The highest BCUT2D eigenvalue weighted by molar-refractivity contribution is 14.1. The zero-order valence-electron chi connectivity index (χ0n) is 6.84. The van der Waals surface area contributed by atoms with Crippen molar-refractivity contribution < 1.29 is 0 Å². The number of hydrogen-bond acceptors (Lipinski definition) is 0. The Morgan fingerprint density at radius 2 is 1.91 bits per heavy atom. The second kappa shape index (κ2) is 4.10. The summed E-state index contributed by atoms with van der Waals surface area (Å²) < 4.78 is 1.33. The minimum absolute atomic E-state index is 0.630. The average Bonchev–Trinajstić information content (AvgIpc) is 1.93. The van der Waals surface area contributed by atoms with Crippen LogP contribution in [0.5, 0.6) is 0 Å². The number of hydrogen-bond donors (Lipinski definition) is 0. The van der Waals surface area contributed by atoms with Gasteiger partial charge in [-0.15, -0.1) is 0 Å². The molecule has 1 aromatic carbocycles. The van der Waals surface area contributed by atoms with E-state index in [1.54, 1.807) is 0 Å². The minimum atomic E-state index is 0.630. The summed E-state index contributed by atoms with van der Waals surface area (Å²) >= 11 is 2.36. The van der Waals surface area contributed by atoms with Crippen LogP contribution in [0.4, 0.5) is 0 Å². The van der Waals surface area contributed by atoms with Gasteiger partial charge in [0.25, 0.3) is 0 Å².